The van der Waals surface area contributed by atoms with Crippen LogP contribution in [0, 0.1) is 11.8 Å². The molecule has 0 spiro atoms. The summed E-state index contributed by atoms with van der Waals surface area (Å²) in [5.74, 6) is 5.16. The molecule has 0 bridgehead atoms. The lowest BCUT2D eigenvalue weighted by molar-refractivity contribution is 0.0901. The van der Waals surface area contributed by atoms with Crippen LogP contribution in [0.2, 0.25) is 0 Å². The van der Waals surface area contributed by atoms with E-state index in [1.54, 1.807) is 18.3 Å². The van der Waals surface area contributed by atoms with Crippen molar-refractivity contribution in [3.05, 3.63) is 29.6 Å². The van der Waals surface area contributed by atoms with Gasteiger partial charge in [0.05, 0.1) is 0 Å². The Labute approximate surface area is 125 Å². The fourth-order valence-electron chi connectivity index (χ4n) is 2.46. The average molecular weight is 287 g/mol. The van der Waals surface area contributed by atoms with Crippen molar-refractivity contribution in [1.82, 2.24) is 15.2 Å². The Balaban J connectivity index is 1.93. The first-order valence-electron chi connectivity index (χ1n) is 7.32. The average Bonchev–Trinajstić information content (AvgIpc) is 2.53. The molecule has 1 fully saturated rings. The molecule has 0 aromatic carbocycles. The van der Waals surface area contributed by atoms with Crippen LogP contribution in [0.4, 0.5) is 0 Å². The third-order valence-electron chi connectivity index (χ3n) is 3.60. The van der Waals surface area contributed by atoms with Crippen LogP contribution in [0.3, 0.4) is 0 Å². The molecule has 112 valence electrons. The number of carbonyl (C=O) groups excluding carboxylic acids is 1. The highest BCUT2D eigenvalue weighted by Crippen LogP contribution is 2.10. The van der Waals surface area contributed by atoms with Crippen molar-refractivity contribution in [2.24, 2.45) is 0 Å². The maximum atomic E-state index is 12.2. The highest BCUT2D eigenvalue weighted by atomic mass is 16.2. The van der Waals surface area contributed by atoms with Gasteiger partial charge in [-0.15, -0.1) is 0 Å². The van der Waals surface area contributed by atoms with E-state index in [1.165, 1.54) is 0 Å². The SMILES string of the molecule is CCN1CCCC(NC(=O)c2ccc(C#CCO)cn2)C1. The number of aliphatic hydroxyl groups excluding tert-OH is 1. The molecule has 1 aliphatic rings. The summed E-state index contributed by atoms with van der Waals surface area (Å²) in [5, 5.41) is 11.7. The van der Waals surface area contributed by atoms with E-state index >= 15 is 0 Å². The lowest BCUT2D eigenvalue weighted by atomic mass is 10.1. The van der Waals surface area contributed by atoms with E-state index < -0.39 is 0 Å². The zero-order valence-corrected chi connectivity index (χ0v) is 12.3. The van der Waals surface area contributed by atoms with Gasteiger partial charge in [-0.25, -0.2) is 4.98 Å². The van der Waals surface area contributed by atoms with Crippen LogP contribution >= 0.6 is 0 Å². The summed E-state index contributed by atoms with van der Waals surface area (Å²) < 4.78 is 0. The maximum absolute atomic E-state index is 12.2. The Morgan fingerprint density at radius 1 is 1.57 bits per heavy atom. The first-order valence-corrected chi connectivity index (χ1v) is 7.32. The number of nitrogens with one attached hydrogen (secondary N) is 1. The minimum atomic E-state index is -0.183. The van der Waals surface area contributed by atoms with Gasteiger partial charge in [0.1, 0.15) is 12.3 Å². The zero-order chi connectivity index (χ0) is 15.1. The van der Waals surface area contributed by atoms with E-state index in [1.807, 2.05) is 0 Å². The second kappa shape index (κ2) is 7.77. The molecule has 1 amide bonds. The smallest absolute Gasteiger partial charge is 0.270 e. The van der Waals surface area contributed by atoms with E-state index in [0.717, 1.165) is 32.5 Å². The molecule has 1 saturated heterocycles. The molecule has 2 N–H and O–H groups in total. The minimum Gasteiger partial charge on any atom is -0.384 e. The molecule has 5 nitrogen and oxygen atoms in total. The normalized spacial score (nSPS) is 18.7. The van der Waals surface area contributed by atoms with Crippen molar-refractivity contribution < 1.29 is 9.90 Å². The first-order chi connectivity index (χ1) is 10.2. The topological polar surface area (TPSA) is 65.5 Å². The second-order valence-corrected chi connectivity index (χ2v) is 5.10. The van der Waals surface area contributed by atoms with E-state index in [9.17, 15) is 4.79 Å². The van der Waals surface area contributed by atoms with Crippen molar-refractivity contribution in [2.75, 3.05) is 26.2 Å². The fraction of sp³-hybridized carbons (Fsp3) is 0.500. The van der Waals surface area contributed by atoms with Gasteiger partial charge in [-0.05, 0) is 38.1 Å². The third-order valence-corrected chi connectivity index (χ3v) is 3.60. The van der Waals surface area contributed by atoms with Crippen LogP contribution in [0.1, 0.15) is 35.8 Å². The Bertz CT molecular complexity index is 531. The Kier molecular flexibility index (Phi) is 5.73. The molecule has 0 saturated carbocycles. The van der Waals surface area contributed by atoms with Crippen molar-refractivity contribution in [3.63, 3.8) is 0 Å². The monoisotopic (exact) mass is 287 g/mol. The van der Waals surface area contributed by atoms with Crippen molar-refractivity contribution in [3.8, 4) is 11.8 Å². The predicted molar refractivity (Wildman–Crippen MR) is 80.8 cm³/mol. The molecule has 1 aliphatic heterocycles. The summed E-state index contributed by atoms with van der Waals surface area (Å²) >= 11 is 0. The number of aliphatic hydroxyl groups is 1. The minimum absolute atomic E-state index is 0.139. The standard InChI is InChI=1S/C16H21N3O2/c1-2-19-9-3-6-14(12-19)18-16(21)15-8-7-13(11-17-15)5-4-10-20/h7-8,11,14,20H,2-3,6,9-10,12H2,1H3,(H,18,21). The van der Waals surface area contributed by atoms with Crippen LogP contribution in [0.15, 0.2) is 18.3 Å². The highest BCUT2D eigenvalue weighted by molar-refractivity contribution is 5.92. The summed E-state index contributed by atoms with van der Waals surface area (Å²) in [5.41, 5.74) is 1.09. The quantitative estimate of drug-likeness (QED) is 0.801. The number of likely N-dealkylation sites (tertiary alicyclic amines) is 1. The summed E-state index contributed by atoms with van der Waals surface area (Å²) in [6.45, 7) is 4.99. The molecule has 21 heavy (non-hydrogen) atoms. The number of carbonyl (C=O) groups is 1. The molecule has 0 aliphatic carbocycles. The van der Waals surface area contributed by atoms with Crippen molar-refractivity contribution in [2.45, 2.75) is 25.8 Å². The molecule has 0 radical (unpaired) electrons. The molecule has 1 unspecified atom stereocenters. The molecule has 2 rings (SSSR count). The van der Waals surface area contributed by atoms with Gasteiger partial charge in [-0.2, -0.15) is 0 Å². The second-order valence-electron chi connectivity index (χ2n) is 5.10. The van der Waals surface area contributed by atoms with Gasteiger partial charge in [-0.1, -0.05) is 18.8 Å². The van der Waals surface area contributed by atoms with Gasteiger partial charge in [-0.3, -0.25) is 4.79 Å². The highest BCUT2D eigenvalue weighted by Gasteiger charge is 2.21. The van der Waals surface area contributed by atoms with Crippen molar-refractivity contribution >= 4 is 5.91 Å². The number of hydrogen-bond acceptors (Lipinski definition) is 4. The van der Waals surface area contributed by atoms with Gasteiger partial charge >= 0.3 is 0 Å². The molecule has 5 heteroatoms. The summed E-state index contributed by atoms with van der Waals surface area (Å²) in [4.78, 5) is 18.6. The number of likely N-dealkylation sites (N-methyl/N-ethyl adjacent to an activating group) is 1. The molecule has 1 atom stereocenters. The van der Waals surface area contributed by atoms with E-state index in [2.05, 4.69) is 34.0 Å². The van der Waals surface area contributed by atoms with Crippen LogP contribution in [0.5, 0.6) is 0 Å². The van der Waals surface area contributed by atoms with Gasteiger partial charge in [0, 0.05) is 24.3 Å². The number of aromatic nitrogens is 1. The lowest BCUT2D eigenvalue weighted by Crippen LogP contribution is -2.47. The van der Waals surface area contributed by atoms with Crippen LogP contribution in [-0.4, -0.2) is 53.2 Å². The summed E-state index contributed by atoms with van der Waals surface area (Å²) in [6.07, 6.45) is 3.68. The molecule has 2 heterocycles. The number of pyridine rings is 1. The molecular weight excluding hydrogens is 266 g/mol. The number of hydrogen-bond donors (Lipinski definition) is 2. The number of amides is 1. The summed E-state index contributed by atoms with van der Waals surface area (Å²) in [6, 6.07) is 3.60. The van der Waals surface area contributed by atoms with Crippen LogP contribution < -0.4 is 5.32 Å². The fourth-order valence-corrected chi connectivity index (χ4v) is 2.46. The van der Waals surface area contributed by atoms with E-state index in [4.69, 9.17) is 5.11 Å². The first kappa shape index (κ1) is 15.5. The maximum Gasteiger partial charge on any atom is 0.270 e. The van der Waals surface area contributed by atoms with E-state index in [-0.39, 0.29) is 18.6 Å². The summed E-state index contributed by atoms with van der Waals surface area (Å²) in [7, 11) is 0. The predicted octanol–water partition coefficient (Wildman–Crippen LogP) is 0.639. The number of rotatable bonds is 3. The van der Waals surface area contributed by atoms with Gasteiger partial charge in [0.15, 0.2) is 0 Å². The lowest BCUT2D eigenvalue weighted by Gasteiger charge is -2.32. The molecule has 1 aromatic heterocycles. The van der Waals surface area contributed by atoms with Gasteiger partial charge in [0.25, 0.3) is 5.91 Å². The number of nitrogens with zero attached hydrogens (tertiary/aromatic N) is 2. The largest absolute Gasteiger partial charge is 0.384 e. The van der Waals surface area contributed by atoms with E-state index in [0.29, 0.717) is 11.3 Å². The van der Waals surface area contributed by atoms with Crippen LogP contribution in [-0.2, 0) is 0 Å². The molecule has 1 aromatic rings. The Morgan fingerprint density at radius 2 is 2.43 bits per heavy atom. The van der Waals surface area contributed by atoms with Crippen LogP contribution in [0.25, 0.3) is 0 Å². The zero-order valence-electron chi connectivity index (χ0n) is 12.3. The third kappa shape index (κ3) is 4.55. The van der Waals surface area contributed by atoms with Gasteiger partial charge in [0.2, 0.25) is 0 Å². The Hall–Kier alpha value is -1.90. The van der Waals surface area contributed by atoms with Gasteiger partial charge < -0.3 is 15.3 Å². The molecular formula is C16H21N3O2. The van der Waals surface area contributed by atoms with Crippen molar-refractivity contribution in [1.29, 1.82) is 0 Å². The Morgan fingerprint density at radius 3 is 3.10 bits per heavy atom. The number of piperidine rings is 1.